The first-order chi connectivity index (χ1) is 14.9. The van der Waals surface area contributed by atoms with Crippen LogP contribution in [0.4, 0.5) is 14.9 Å². The summed E-state index contributed by atoms with van der Waals surface area (Å²) in [6, 6.07) is 10.9. The van der Waals surface area contributed by atoms with Gasteiger partial charge in [0.15, 0.2) is 0 Å². The molecule has 1 heterocycles. The van der Waals surface area contributed by atoms with E-state index in [9.17, 15) is 17.6 Å². The number of hydrogen-bond acceptors (Lipinski definition) is 3. The smallest absolute Gasteiger partial charge is 0.321 e. The summed E-state index contributed by atoms with van der Waals surface area (Å²) in [5.74, 6) is -0.168. The molecule has 0 unspecified atom stereocenters. The maximum Gasteiger partial charge on any atom is 0.321 e. The van der Waals surface area contributed by atoms with Gasteiger partial charge in [0.25, 0.3) is 0 Å². The lowest BCUT2D eigenvalue weighted by Gasteiger charge is -2.32. The minimum Gasteiger partial charge on any atom is -0.325 e. The van der Waals surface area contributed by atoms with Gasteiger partial charge >= 0.3 is 6.03 Å². The summed E-state index contributed by atoms with van der Waals surface area (Å²) in [5, 5.41) is 2.77. The van der Waals surface area contributed by atoms with Gasteiger partial charge in [-0.3, -0.25) is 0 Å². The molecule has 1 saturated heterocycles. The Morgan fingerprint density at radius 1 is 1.00 bits per heavy atom. The Bertz CT molecular complexity index is 1030. The second-order valence-corrected chi connectivity index (χ2v) is 10.1. The molecule has 2 aromatic rings. The Hall–Kier alpha value is -2.45. The lowest BCUT2D eigenvalue weighted by Crippen LogP contribution is -2.43. The molecule has 0 atom stereocenters. The minimum absolute atomic E-state index is 0.183. The Kier molecular flexibility index (Phi) is 6.57. The van der Waals surface area contributed by atoms with Crippen molar-refractivity contribution in [1.82, 2.24) is 9.62 Å². The SMILES string of the molecule is O=C(Nc1ccc(F)cc1)N1CCC(CNS(=O)(=O)c2ccc3c(c2)CCCC3)CC1. The quantitative estimate of drug-likeness (QED) is 0.732. The number of sulfonamides is 1. The minimum atomic E-state index is -3.54. The first-order valence-corrected chi connectivity index (χ1v) is 12.3. The van der Waals surface area contributed by atoms with E-state index in [1.807, 2.05) is 12.1 Å². The van der Waals surface area contributed by atoms with Crippen molar-refractivity contribution >= 4 is 21.7 Å². The third-order valence-corrected chi connectivity index (χ3v) is 7.61. The number of urea groups is 1. The number of aryl methyl sites for hydroxylation is 2. The van der Waals surface area contributed by atoms with Gasteiger partial charge in [0.05, 0.1) is 4.90 Å². The molecule has 0 saturated carbocycles. The van der Waals surface area contributed by atoms with Gasteiger partial charge < -0.3 is 10.2 Å². The largest absolute Gasteiger partial charge is 0.325 e. The van der Waals surface area contributed by atoms with Crippen LogP contribution in [-0.4, -0.2) is 39.0 Å². The number of anilines is 1. The average molecular weight is 446 g/mol. The number of fused-ring (bicyclic) bond motifs is 1. The zero-order chi connectivity index (χ0) is 21.8. The van der Waals surface area contributed by atoms with Crippen LogP contribution >= 0.6 is 0 Å². The lowest BCUT2D eigenvalue weighted by molar-refractivity contribution is 0.183. The third-order valence-electron chi connectivity index (χ3n) is 6.19. The summed E-state index contributed by atoms with van der Waals surface area (Å²) < 4.78 is 41.2. The molecule has 0 spiro atoms. The number of likely N-dealkylation sites (tertiary alicyclic amines) is 1. The van der Waals surface area contributed by atoms with Crippen molar-refractivity contribution in [3.05, 3.63) is 59.4 Å². The van der Waals surface area contributed by atoms with Crippen LogP contribution in [0.2, 0.25) is 0 Å². The van der Waals surface area contributed by atoms with E-state index in [2.05, 4.69) is 10.0 Å². The number of nitrogens with one attached hydrogen (secondary N) is 2. The number of rotatable bonds is 5. The number of nitrogens with zero attached hydrogens (tertiary/aromatic N) is 1. The first-order valence-electron chi connectivity index (χ1n) is 10.8. The number of carbonyl (C=O) groups is 1. The Morgan fingerprint density at radius 3 is 2.39 bits per heavy atom. The van der Waals surface area contributed by atoms with Gasteiger partial charge in [0.1, 0.15) is 5.82 Å². The first kappa shape index (κ1) is 21.8. The van der Waals surface area contributed by atoms with Crippen LogP contribution in [0.25, 0.3) is 0 Å². The highest BCUT2D eigenvalue weighted by Crippen LogP contribution is 2.24. The van der Waals surface area contributed by atoms with E-state index in [0.717, 1.165) is 44.1 Å². The molecule has 1 aliphatic carbocycles. The van der Waals surface area contributed by atoms with Crippen molar-refractivity contribution in [3.63, 3.8) is 0 Å². The second kappa shape index (κ2) is 9.36. The van der Waals surface area contributed by atoms with Crippen molar-refractivity contribution in [2.45, 2.75) is 43.4 Å². The van der Waals surface area contributed by atoms with E-state index in [4.69, 9.17) is 0 Å². The summed E-state index contributed by atoms with van der Waals surface area (Å²) in [6.45, 7) is 1.48. The van der Waals surface area contributed by atoms with Gasteiger partial charge in [0, 0.05) is 25.3 Å². The van der Waals surface area contributed by atoms with Crippen LogP contribution in [0.5, 0.6) is 0 Å². The van der Waals surface area contributed by atoms with E-state index in [1.54, 1.807) is 11.0 Å². The van der Waals surface area contributed by atoms with Crippen LogP contribution in [0.3, 0.4) is 0 Å². The zero-order valence-electron chi connectivity index (χ0n) is 17.4. The maximum absolute atomic E-state index is 13.0. The van der Waals surface area contributed by atoms with Gasteiger partial charge in [-0.2, -0.15) is 0 Å². The summed E-state index contributed by atoms with van der Waals surface area (Å²) in [7, 11) is -3.54. The predicted molar refractivity (Wildman–Crippen MR) is 118 cm³/mol. The van der Waals surface area contributed by atoms with Crippen LogP contribution in [-0.2, 0) is 22.9 Å². The predicted octanol–water partition coefficient (Wildman–Crippen LogP) is 3.93. The Balaban J connectivity index is 1.27. The van der Waals surface area contributed by atoms with Gasteiger partial charge in [-0.1, -0.05) is 6.07 Å². The number of piperidine rings is 1. The molecule has 2 N–H and O–H groups in total. The molecule has 2 aromatic carbocycles. The molecular formula is C23H28FN3O3S. The lowest BCUT2D eigenvalue weighted by atomic mass is 9.92. The monoisotopic (exact) mass is 445 g/mol. The fraction of sp³-hybridized carbons (Fsp3) is 0.435. The van der Waals surface area contributed by atoms with Crippen LogP contribution in [0.15, 0.2) is 47.4 Å². The molecule has 6 nitrogen and oxygen atoms in total. The highest BCUT2D eigenvalue weighted by molar-refractivity contribution is 7.89. The molecule has 166 valence electrons. The Morgan fingerprint density at radius 2 is 1.68 bits per heavy atom. The molecule has 8 heteroatoms. The number of halogens is 1. The molecule has 0 bridgehead atoms. The summed E-state index contributed by atoms with van der Waals surface area (Å²) in [5.41, 5.74) is 2.96. The zero-order valence-corrected chi connectivity index (χ0v) is 18.3. The van der Waals surface area contributed by atoms with Crippen molar-refractivity contribution in [2.75, 3.05) is 25.0 Å². The molecule has 31 heavy (non-hydrogen) atoms. The molecule has 1 fully saturated rings. The molecule has 2 amide bonds. The number of carbonyl (C=O) groups excluding carboxylic acids is 1. The fourth-order valence-electron chi connectivity index (χ4n) is 4.26. The van der Waals surface area contributed by atoms with Gasteiger partial charge in [0.2, 0.25) is 10.0 Å². The molecule has 0 radical (unpaired) electrons. The van der Waals surface area contributed by atoms with Crippen molar-refractivity contribution in [2.24, 2.45) is 5.92 Å². The molecule has 4 rings (SSSR count). The third kappa shape index (κ3) is 5.43. The number of hydrogen-bond donors (Lipinski definition) is 2. The van der Waals surface area contributed by atoms with Gasteiger partial charge in [-0.05, 0) is 92.0 Å². The Labute approximate surface area is 182 Å². The summed E-state index contributed by atoms with van der Waals surface area (Å²) >= 11 is 0. The highest BCUT2D eigenvalue weighted by Gasteiger charge is 2.25. The molecule has 0 aromatic heterocycles. The summed E-state index contributed by atoms with van der Waals surface area (Å²) in [4.78, 5) is 14.4. The maximum atomic E-state index is 13.0. The fourth-order valence-corrected chi connectivity index (χ4v) is 5.43. The van der Waals surface area contributed by atoms with E-state index < -0.39 is 10.0 Å². The standard InChI is InChI=1S/C23H28FN3O3S/c24-20-6-8-21(9-7-20)26-23(28)27-13-11-17(12-14-27)16-25-31(29,30)22-10-5-18-3-1-2-4-19(18)15-22/h5-10,15,17,25H,1-4,11-14,16H2,(H,26,28). The van der Waals surface area contributed by atoms with Crippen molar-refractivity contribution < 1.29 is 17.6 Å². The molecular weight excluding hydrogens is 417 g/mol. The van der Waals surface area contributed by atoms with Crippen molar-refractivity contribution in [3.8, 4) is 0 Å². The molecule has 2 aliphatic rings. The molecule has 1 aliphatic heterocycles. The van der Waals surface area contributed by atoms with Crippen LogP contribution in [0.1, 0.15) is 36.8 Å². The second-order valence-electron chi connectivity index (χ2n) is 8.36. The van der Waals surface area contributed by atoms with Crippen LogP contribution in [0, 0.1) is 11.7 Å². The number of benzene rings is 2. The highest BCUT2D eigenvalue weighted by atomic mass is 32.2. The summed E-state index contributed by atoms with van der Waals surface area (Å²) in [6.07, 6.45) is 5.69. The topological polar surface area (TPSA) is 78.5 Å². The van der Waals surface area contributed by atoms with E-state index >= 15 is 0 Å². The van der Waals surface area contributed by atoms with Crippen LogP contribution < -0.4 is 10.0 Å². The normalized spacial score (nSPS) is 17.3. The van der Waals surface area contributed by atoms with Gasteiger partial charge in [-0.25, -0.2) is 22.3 Å². The average Bonchev–Trinajstić information content (AvgIpc) is 2.79. The van der Waals surface area contributed by atoms with E-state index in [1.165, 1.54) is 29.8 Å². The van der Waals surface area contributed by atoms with Crippen molar-refractivity contribution in [1.29, 1.82) is 0 Å². The van der Waals surface area contributed by atoms with E-state index in [0.29, 0.717) is 30.2 Å². The van der Waals surface area contributed by atoms with Gasteiger partial charge in [-0.15, -0.1) is 0 Å². The van der Waals surface area contributed by atoms with E-state index in [-0.39, 0.29) is 17.8 Å². The number of amides is 2.